The van der Waals surface area contributed by atoms with Crippen LogP contribution in [0.5, 0.6) is 0 Å². The van der Waals surface area contributed by atoms with Crippen molar-refractivity contribution < 1.29 is 0 Å². The summed E-state index contributed by atoms with van der Waals surface area (Å²) in [6, 6.07) is 8.87. The fourth-order valence-corrected chi connectivity index (χ4v) is 3.22. The minimum absolute atomic E-state index is 0.413. The predicted octanol–water partition coefficient (Wildman–Crippen LogP) is 3.60. The molecule has 0 aromatic heterocycles. The van der Waals surface area contributed by atoms with E-state index in [0.717, 1.165) is 5.92 Å². The molecule has 1 fully saturated rings. The Hall–Kier alpha value is -1.04. The second-order valence-electron chi connectivity index (χ2n) is 4.83. The average molecular weight is 184 g/mol. The van der Waals surface area contributed by atoms with Crippen molar-refractivity contribution in [2.45, 2.75) is 31.6 Å². The van der Waals surface area contributed by atoms with Gasteiger partial charge in [-0.15, -0.1) is 0 Å². The minimum atomic E-state index is 0.413. The summed E-state index contributed by atoms with van der Waals surface area (Å²) in [6.45, 7) is 2.24. The van der Waals surface area contributed by atoms with E-state index in [0.29, 0.717) is 5.41 Å². The first-order valence-corrected chi connectivity index (χ1v) is 5.56. The number of aryl methyl sites for hydroxylation is 1. The van der Waals surface area contributed by atoms with Gasteiger partial charge in [-0.1, -0.05) is 36.4 Å². The molecule has 3 rings (SSSR count). The van der Waals surface area contributed by atoms with E-state index in [1.54, 1.807) is 5.56 Å². The van der Waals surface area contributed by atoms with E-state index in [-0.39, 0.29) is 0 Å². The van der Waals surface area contributed by atoms with Crippen molar-refractivity contribution in [3.63, 3.8) is 0 Å². The highest BCUT2D eigenvalue weighted by Gasteiger charge is 2.42. The zero-order valence-corrected chi connectivity index (χ0v) is 8.66. The van der Waals surface area contributed by atoms with E-state index < -0.39 is 0 Å². The van der Waals surface area contributed by atoms with Gasteiger partial charge in [-0.2, -0.15) is 0 Å². The lowest BCUT2D eigenvalue weighted by molar-refractivity contribution is 0.563. The fourth-order valence-electron chi connectivity index (χ4n) is 3.22. The summed E-state index contributed by atoms with van der Waals surface area (Å²) in [5, 5.41) is 0. The molecule has 0 spiro atoms. The second-order valence-corrected chi connectivity index (χ2v) is 4.83. The van der Waals surface area contributed by atoms with Gasteiger partial charge < -0.3 is 0 Å². The Bertz CT molecular complexity index is 389. The van der Waals surface area contributed by atoms with Crippen molar-refractivity contribution in [2.75, 3.05) is 0 Å². The number of hydrogen-bond donors (Lipinski definition) is 0. The zero-order valence-electron chi connectivity index (χ0n) is 8.66. The monoisotopic (exact) mass is 184 g/mol. The third kappa shape index (κ3) is 1.00. The lowest BCUT2D eigenvalue weighted by Gasteiger charge is -2.26. The highest BCUT2D eigenvalue weighted by atomic mass is 14.5. The predicted molar refractivity (Wildman–Crippen MR) is 59.3 cm³/mol. The molecule has 2 bridgehead atoms. The second kappa shape index (κ2) is 2.73. The van der Waals surface area contributed by atoms with Crippen LogP contribution < -0.4 is 0 Å². The Balaban J connectivity index is 2.11. The van der Waals surface area contributed by atoms with Crippen molar-refractivity contribution in [3.05, 3.63) is 47.5 Å². The molecule has 2 aliphatic carbocycles. The van der Waals surface area contributed by atoms with Gasteiger partial charge in [0.15, 0.2) is 0 Å². The third-order valence-corrected chi connectivity index (χ3v) is 3.96. The van der Waals surface area contributed by atoms with E-state index in [9.17, 15) is 0 Å². The zero-order chi connectivity index (χ0) is 9.60. The summed E-state index contributed by atoms with van der Waals surface area (Å²) in [6.07, 6.45) is 9.00. The molecule has 0 heteroatoms. The van der Waals surface area contributed by atoms with Crippen LogP contribution in [-0.4, -0.2) is 0 Å². The van der Waals surface area contributed by atoms with Gasteiger partial charge in [0.1, 0.15) is 0 Å². The first kappa shape index (κ1) is 8.28. The Kier molecular flexibility index (Phi) is 1.61. The summed E-state index contributed by atoms with van der Waals surface area (Å²) in [5.74, 6) is 0.870. The van der Waals surface area contributed by atoms with Crippen LogP contribution in [0.1, 0.15) is 30.4 Å². The Labute approximate surface area is 85.6 Å². The van der Waals surface area contributed by atoms with Crippen LogP contribution in [0.2, 0.25) is 0 Å². The molecule has 2 unspecified atom stereocenters. The van der Waals surface area contributed by atoms with Gasteiger partial charge in [0.05, 0.1) is 0 Å². The topological polar surface area (TPSA) is 0 Å². The molecule has 0 amide bonds. The molecule has 1 aromatic rings. The maximum atomic E-state index is 2.46. The van der Waals surface area contributed by atoms with Crippen LogP contribution in [0.15, 0.2) is 36.4 Å². The van der Waals surface area contributed by atoms with Gasteiger partial charge in [0.25, 0.3) is 0 Å². The van der Waals surface area contributed by atoms with E-state index in [1.165, 1.54) is 24.8 Å². The molecule has 0 heterocycles. The van der Waals surface area contributed by atoms with Gasteiger partial charge in [-0.05, 0) is 43.2 Å². The number of benzene rings is 1. The molecule has 1 aromatic carbocycles. The third-order valence-electron chi connectivity index (χ3n) is 3.96. The lowest BCUT2D eigenvalue weighted by atomic mass is 9.78. The Morgan fingerprint density at radius 3 is 2.71 bits per heavy atom. The summed E-state index contributed by atoms with van der Waals surface area (Å²) >= 11 is 0. The SMILES string of the molecule is Cc1ccccc1C12C=CC(CC1)C2. The lowest BCUT2D eigenvalue weighted by Crippen LogP contribution is -2.18. The smallest absolute Gasteiger partial charge is 0.0140 e. The summed E-state index contributed by atoms with van der Waals surface area (Å²) < 4.78 is 0. The molecular weight excluding hydrogens is 168 g/mol. The summed E-state index contributed by atoms with van der Waals surface area (Å²) in [5.41, 5.74) is 3.44. The summed E-state index contributed by atoms with van der Waals surface area (Å²) in [7, 11) is 0. The van der Waals surface area contributed by atoms with Crippen LogP contribution in [0.3, 0.4) is 0 Å². The van der Waals surface area contributed by atoms with E-state index >= 15 is 0 Å². The van der Waals surface area contributed by atoms with E-state index in [1.807, 2.05) is 0 Å². The van der Waals surface area contributed by atoms with E-state index in [2.05, 4.69) is 43.3 Å². The average Bonchev–Trinajstić information content (AvgIpc) is 2.79. The molecule has 0 N–H and O–H groups in total. The molecule has 2 aliphatic rings. The van der Waals surface area contributed by atoms with Crippen LogP contribution in [-0.2, 0) is 5.41 Å². The van der Waals surface area contributed by atoms with Gasteiger partial charge in [-0.3, -0.25) is 0 Å². The molecule has 0 radical (unpaired) electrons. The maximum absolute atomic E-state index is 2.46. The molecule has 1 saturated carbocycles. The highest BCUT2D eigenvalue weighted by molar-refractivity contribution is 5.41. The largest absolute Gasteiger partial charge is 0.0845 e. The maximum Gasteiger partial charge on any atom is 0.0140 e. The fraction of sp³-hybridized carbons (Fsp3) is 0.429. The minimum Gasteiger partial charge on any atom is -0.0845 e. The van der Waals surface area contributed by atoms with Gasteiger partial charge in [0.2, 0.25) is 0 Å². The van der Waals surface area contributed by atoms with Crippen molar-refractivity contribution in [3.8, 4) is 0 Å². The highest BCUT2D eigenvalue weighted by Crippen LogP contribution is 2.51. The number of allylic oxidation sites excluding steroid dienone is 2. The van der Waals surface area contributed by atoms with Crippen molar-refractivity contribution >= 4 is 0 Å². The Morgan fingerprint density at radius 2 is 2.14 bits per heavy atom. The van der Waals surface area contributed by atoms with Crippen LogP contribution in [0, 0.1) is 12.8 Å². The summed E-state index contributed by atoms with van der Waals surface area (Å²) in [4.78, 5) is 0. The quantitative estimate of drug-likeness (QED) is 0.585. The molecular formula is C14H16. The number of fused-ring (bicyclic) bond motifs is 2. The number of rotatable bonds is 1. The normalized spacial score (nSPS) is 33.9. The first-order valence-electron chi connectivity index (χ1n) is 5.56. The molecule has 0 nitrogen and oxygen atoms in total. The van der Waals surface area contributed by atoms with Crippen molar-refractivity contribution in [1.82, 2.24) is 0 Å². The van der Waals surface area contributed by atoms with Crippen LogP contribution in [0.4, 0.5) is 0 Å². The first-order chi connectivity index (χ1) is 6.80. The molecule has 72 valence electrons. The van der Waals surface area contributed by atoms with Crippen LogP contribution in [0.25, 0.3) is 0 Å². The molecule has 0 saturated heterocycles. The number of hydrogen-bond acceptors (Lipinski definition) is 0. The van der Waals surface area contributed by atoms with E-state index in [4.69, 9.17) is 0 Å². The molecule has 0 aliphatic heterocycles. The van der Waals surface area contributed by atoms with Crippen LogP contribution >= 0.6 is 0 Å². The van der Waals surface area contributed by atoms with Gasteiger partial charge >= 0.3 is 0 Å². The Morgan fingerprint density at radius 1 is 1.29 bits per heavy atom. The van der Waals surface area contributed by atoms with Crippen molar-refractivity contribution in [2.24, 2.45) is 5.92 Å². The standard InChI is InChI=1S/C14H16/c1-11-4-2-3-5-13(11)14-8-6-12(10-14)7-9-14/h2-6,8,12H,7,9-10H2,1H3. The van der Waals surface area contributed by atoms with Crippen molar-refractivity contribution in [1.29, 1.82) is 0 Å². The van der Waals surface area contributed by atoms with Gasteiger partial charge in [0, 0.05) is 5.41 Å². The molecule has 2 atom stereocenters. The van der Waals surface area contributed by atoms with Gasteiger partial charge in [-0.25, -0.2) is 0 Å². The molecule has 14 heavy (non-hydrogen) atoms.